The van der Waals surface area contributed by atoms with Gasteiger partial charge in [-0.25, -0.2) is 0 Å². The Kier molecular flexibility index (Phi) is 3.85. The van der Waals surface area contributed by atoms with Crippen LogP contribution in [0.3, 0.4) is 0 Å². The highest BCUT2D eigenvalue weighted by atomic mass is 16.6. The van der Waals surface area contributed by atoms with Crippen LogP contribution in [0, 0.1) is 21.4 Å². The Hall–Kier alpha value is -3.46. The summed E-state index contributed by atoms with van der Waals surface area (Å²) < 4.78 is 0. The van der Waals surface area contributed by atoms with Crippen molar-refractivity contribution >= 4 is 5.82 Å². The van der Waals surface area contributed by atoms with Crippen molar-refractivity contribution in [3.63, 3.8) is 0 Å². The standard InChI is InChI=1S/C17H12N4O2/c18-10-14-3-1-2-4-15(14)13-7-5-12(6-8-13)9-16-19-11-17(20-16)21(22)23/h1-8,11H,9H2,(H,19,20). The van der Waals surface area contributed by atoms with Crippen molar-refractivity contribution in [2.75, 3.05) is 0 Å². The summed E-state index contributed by atoms with van der Waals surface area (Å²) in [6.07, 6.45) is 1.76. The highest BCUT2D eigenvalue weighted by Crippen LogP contribution is 2.24. The number of nitro groups is 1. The van der Waals surface area contributed by atoms with Gasteiger partial charge in [0.05, 0.1) is 18.1 Å². The molecule has 1 N–H and O–H groups in total. The maximum atomic E-state index is 10.6. The molecule has 0 aliphatic rings. The second-order valence-electron chi connectivity index (χ2n) is 4.99. The van der Waals surface area contributed by atoms with E-state index in [2.05, 4.69) is 16.0 Å². The molecule has 2 aromatic carbocycles. The van der Waals surface area contributed by atoms with Crippen LogP contribution >= 0.6 is 0 Å². The molecular formula is C17H12N4O2. The Morgan fingerprint density at radius 2 is 1.91 bits per heavy atom. The molecule has 1 heterocycles. The third-order valence-corrected chi connectivity index (χ3v) is 3.49. The Balaban J connectivity index is 1.82. The van der Waals surface area contributed by atoms with Crippen LogP contribution < -0.4 is 0 Å². The molecule has 0 bridgehead atoms. The van der Waals surface area contributed by atoms with Crippen molar-refractivity contribution in [1.29, 1.82) is 5.26 Å². The van der Waals surface area contributed by atoms with E-state index in [0.717, 1.165) is 16.7 Å². The number of hydrogen-bond donors (Lipinski definition) is 1. The van der Waals surface area contributed by atoms with E-state index in [-0.39, 0.29) is 5.82 Å². The maximum Gasteiger partial charge on any atom is 0.381 e. The molecule has 0 radical (unpaired) electrons. The minimum atomic E-state index is -0.526. The van der Waals surface area contributed by atoms with Gasteiger partial charge in [-0.2, -0.15) is 5.26 Å². The number of H-pyrrole nitrogens is 1. The number of aromatic nitrogens is 2. The van der Waals surface area contributed by atoms with E-state index in [1.54, 1.807) is 6.07 Å². The zero-order valence-corrected chi connectivity index (χ0v) is 12.1. The Morgan fingerprint density at radius 3 is 2.57 bits per heavy atom. The van der Waals surface area contributed by atoms with Crippen LogP contribution in [0.25, 0.3) is 11.1 Å². The lowest BCUT2D eigenvalue weighted by Crippen LogP contribution is -1.92. The first-order valence-electron chi connectivity index (χ1n) is 6.94. The predicted octanol–water partition coefficient (Wildman–Crippen LogP) is 3.45. The molecule has 3 aromatic rings. The molecular weight excluding hydrogens is 292 g/mol. The summed E-state index contributed by atoms with van der Waals surface area (Å²) in [6.45, 7) is 0. The largest absolute Gasteiger partial charge is 0.381 e. The molecule has 0 aliphatic heterocycles. The van der Waals surface area contributed by atoms with E-state index in [1.807, 2.05) is 42.5 Å². The molecule has 6 nitrogen and oxygen atoms in total. The number of rotatable bonds is 4. The van der Waals surface area contributed by atoms with E-state index in [9.17, 15) is 10.1 Å². The summed E-state index contributed by atoms with van der Waals surface area (Å²) in [5.41, 5.74) is 3.45. The highest BCUT2D eigenvalue weighted by molar-refractivity contribution is 5.70. The molecule has 0 atom stereocenters. The fraction of sp³-hybridized carbons (Fsp3) is 0.0588. The van der Waals surface area contributed by atoms with E-state index < -0.39 is 4.92 Å². The molecule has 0 unspecified atom stereocenters. The van der Waals surface area contributed by atoms with Crippen molar-refractivity contribution in [2.24, 2.45) is 0 Å². The number of benzene rings is 2. The first-order valence-corrected chi connectivity index (χ1v) is 6.94. The van der Waals surface area contributed by atoms with Crippen LogP contribution in [-0.2, 0) is 6.42 Å². The molecule has 0 aliphatic carbocycles. The van der Waals surface area contributed by atoms with Gasteiger partial charge in [-0.15, -0.1) is 0 Å². The average Bonchev–Trinajstić information content (AvgIpc) is 3.04. The normalized spacial score (nSPS) is 10.2. The molecule has 1 aromatic heterocycles. The molecule has 6 heteroatoms. The van der Waals surface area contributed by atoms with Crippen LogP contribution in [0.2, 0.25) is 0 Å². The van der Waals surface area contributed by atoms with Crippen molar-refractivity contribution < 1.29 is 4.92 Å². The van der Waals surface area contributed by atoms with Crippen molar-refractivity contribution in [3.05, 3.63) is 81.8 Å². The zero-order valence-electron chi connectivity index (χ0n) is 12.1. The number of nitrogens with one attached hydrogen (secondary N) is 1. The number of aromatic amines is 1. The molecule has 0 amide bonds. The first-order chi connectivity index (χ1) is 11.2. The van der Waals surface area contributed by atoms with Crippen LogP contribution in [0.15, 0.2) is 54.7 Å². The van der Waals surface area contributed by atoms with Crippen LogP contribution in [0.1, 0.15) is 17.0 Å². The second kappa shape index (κ2) is 6.12. The van der Waals surface area contributed by atoms with Crippen molar-refractivity contribution in [2.45, 2.75) is 6.42 Å². The lowest BCUT2D eigenvalue weighted by atomic mass is 9.99. The van der Waals surface area contributed by atoms with E-state index >= 15 is 0 Å². The van der Waals surface area contributed by atoms with Gasteiger partial charge in [0.1, 0.15) is 6.20 Å². The zero-order chi connectivity index (χ0) is 16.2. The van der Waals surface area contributed by atoms with Gasteiger partial charge in [0.25, 0.3) is 0 Å². The molecule has 3 rings (SSSR count). The average molecular weight is 304 g/mol. The smallest absolute Gasteiger partial charge is 0.358 e. The molecule has 0 fully saturated rings. The van der Waals surface area contributed by atoms with E-state index in [0.29, 0.717) is 17.8 Å². The summed E-state index contributed by atoms with van der Waals surface area (Å²) in [6, 6.07) is 17.3. The highest BCUT2D eigenvalue weighted by Gasteiger charge is 2.13. The molecule has 0 saturated heterocycles. The number of imidazole rings is 1. The van der Waals surface area contributed by atoms with Crippen LogP contribution in [-0.4, -0.2) is 14.9 Å². The quantitative estimate of drug-likeness (QED) is 0.590. The monoisotopic (exact) mass is 304 g/mol. The molecule has 0 saturated carbocycles. The maximum absolute atomic E-state index is 10.6. The van der Waals surface area contributed by atoms with Crippen LogP contribution in [0.5, 0.6) is 0 Å². The van der Waals surface area contributed by atoms with Gasteiger partial charge in [0.15, 0.2) is 0 Å². The summed E-state index contributed by atoms with van der Waals surface area (Å²) in [7, 11) is 0. The number of nitrogens with zero attached hydrogens (tertiary/aromatic N) is 3. The molecule has 23 heavy (non-hydrogen) atoms. The third kappa shape index (κ3) is 3.09. The van der Waals surface area contributed by atoms with E-state index in [1.165, 1.54) is 6.20 Å². The van der Waals surface area contributed by atoms with Crippen molar-refractivity contribution in [3.8, 4) is 17.2 Å². The molecule has 0 spiro atoms. The van der Waals surface area contributed by atoms with Gasteiger partial charge in [-0.05, 0) is 32.7 Å². The van der Waals surface area contributed by atoms with Crippen molar-refractivity contribution in [1.82, 2.24) is 9.97 Å². The summed E-state index contributed by atoms with van der Waals surface area (Å²) in [5.74, 6) is 0.362. The summed E-state index contributed by atoms with van der Waals surface area (Å²) in [5, 5.41) is 19.8. The van der Waals surface area contributed by atoms with Gasteiger partial charge in [-0.1, -0.05) is 42.5 Å². The second-order valence-corrected chi connectivity index (χ2v) is 4.99. The van der Waals surface area contributed by atoms with Gasteiger partial charge >= 0.3 is 5.82 Å². The first kappa shape index (κ1) is 14.5. The lowest BCUT2D eigenvalue weighted by molar-refractivity contribution is -0.389. The molecule has 112 valence electrons. The van der Waals surface area contributed by atoms with Gasteiger partial charge in [0.2, 0.25) is 5.82 Å². The van der Waals surface area contributed by atoms with Crippen LogP contribution in [0.4, 0.5) is 5.82 Å². The minimum Gasteiger partial charge on any atom is -0.358 e. The van der Waals surface area contributed by atoms with E-state index in [4.69, 9.17) is 5.26 Å². The summed E-state index contributed by atoms with van der Waals surface area (Å²) >= 11 is 0. The summed E-state index contributed by atoms with van der Waals surface area (Å²) in [4.78, 5) is 16.8. The van der Waals surface area contributed by atoms with Gasteiger partial charge in [-0.3, -0.25) is 0 Å². The number of hydrogen-bond acceptors (Lipinski definition) is 4. The predicted molar refractivity (Wildman–Crippen MR) is 84.6 cm³/mol. The van der Waals surface area contributed by atoms with Gasteiger partial charge in [0, 0.05) is 0 Å². The SMILES string of the molecule is N#Cc1ccccc1-c1ccc(Cc2nc([N+](=O)[O-])c[nH]2)cc1. The fourth-order valence-corrected chi connectivity index (χ4v) is 2.36. The topological polar surface area (TPSA) is 95.6 Å². The minimum absolute atomic E-state index is 0.181. The number of nitriles is 1. The Bertz CT molecular complexity index is 891. The Labute approximate surface area is 132 Å². The third-order valence-electron chi connectivity index (χ3n) is 3.49. The van der Waals surface area contributed by atoms with Gasteiger partial charge < -0.3 is 15.1 Å². The fourth-order valence-electron chi connectivity index (χ4n) is 2.36. The Morgan fingerprint density at radius 1 is 1.17 bits per heavy atom. The lowest BCUT2D eigenvalue weighted by Gasteiger charge is -2.05.